The molecule has 144 valence electrons. The van der Waals surface area contributed by atoms with Crippen molar-refractivity contribution in [1.29, 1.82) is 0 Å². The molecule has 1 aromatic heterocycles. The second-order valence-electron chi connectivity index (χ2n) is 7.58. The Kier molecular flexibility index (Phi) is 5.11. The SMILES string of the molecule is Cc1cc(NC(=O)C2CCCN2C(=O)OC(C)(C)C)ccc1-n1cnnn1. The molecule has 1 saturated heterocycles. The fourth-order valence-electron chi connectivity index (χ4n) is 3.07. The highest BCUT2D eigenvalue weighted by atomic mass is 16.6. The zero-order valence-corrected chi connectivity index (χ0v) is 16.0. The van der Waals surface area contributed by atoms with Gasteiger partial charge in [0.1, 0.15) is 18.0 Å². The third-order valence-corrected chi connectivity index (χ3v) is 4.24. The summed E-state index contributed by atoms with van der Waals surface area (Å²) in [6, 6.07) is 4.94. The van der Waals surface area contributed by atoms with E-state index < -0.39 is 17.7 Å². The number of likely N-dealkylation sites (tertiary alicyclic amines) is 1. The van der Waals surface area contributed by atoms with Gasteiger partial charge < -0.3 is 10.1 Å². The number of rotatable bonds is 3. The molecule has 1 fully saturated rings. The van der Waals surface area contributed by atoms with Crippen LogP contribution < -0.4 is 5.32 Å². The maximum Gasteiger partial charge on any atom is 0.410 e. The topological polar surface area (TPSA) is 102 Å². The molecule has 0 saturated carbocycles. The lowest BCUT2D eigenvalue weighted by molar-refractivity contribution is -0.120. The molecule has 0 spiro atoms. The lowest BCUT2D eigenvalue weighted by Crippen LogP contribution is -2.45. The molecule has 0 radical (unpaired) electrons. The Morgan fingerprint density at radius 3 is 2.70 bits per heavy atom. The Bertz CT molecular complexity index is 828. The van der Waals surface area contributed by atoms with Crippen LogP contribution in [-0.4, -0.2) is 55.3 Å². The lowest BCUT2D eigenvalue weighted by atomic mass is 10.1. The van der Waals surface area contributed by atoms with Crippen LogP contribution in [0.2, 0.25) is 0 Å². The fraction of sp³-hybridized carbons (Fsp3) is 0.500. The van der Waals surface area contributed by atoms with Gasteiger partial charge in [0.2, 0.25) is 5.91 Å². The predicted octanol–water partition coefficient (Wildman–Crippen LogP) is 2.31. The van der Waals surface area contributed by atoms with Crippen LogP contribution in [0.1, 0.15) is 39.2 Å². The molecule has 9 nitrogen and oxygen atoms in total. The smallest absolute Gasteiger partial charge is 0.410 e. The fourth-order valence-corrected chi connectivity index (χ4v) is 3.07. The summed E-state index contributed by atoms with van der Waals surface area (Å²) in [7, 11) is 0. The summed E-state index contributed by atoms with van der Waals surface area (Å²) < 4.78 is 6.97. The average molecular weight is 372 g/mol. The largest absolute Gasteiger partial charge is 0.444 e. The standard InChI is InChI=1S/C18H24N6O3/c1-12-10-13(7-8-14(12)24-11-19-21-22-24)20-16(25)15-6-5-9-23(15)17(26)27-18(2,3)4/h7-8,10-11,15H,5-6,9H2,1-4H3,(H,20,25). The molecule has 2 aromatic rings. The van der Waals surface area contributed by atoms with E-state index in [2.05, 4.69) is 20.8 Å². The first kappa shape index (κ1) is 18.8. The number of nitrogens with zero attached hydrogens (tertiary/aromatic N) is 5. The first-order chi connectivity index (χ1) is 12.7. The summed E-state index contributed by atoms with van der Waals surface area (Å²) in [6.07, 6.45) is 2.45. The summed E-state index contributed by atoms with van der Waals surface area (Å²) in [6.45, 7) is 7.86. The Morgan fingerprint density at radius 1 is 1.30 bits per heavy atom. The molecule has 1 N–H and O–H groups in total. The molecule has 1 atom stereocenters. The number of anilines is 1. The molecule has 1 aliphatic heterocycles. The number of aromatic nitrogens is 4. The molecule has 2 heterocycles. The zero-order valence-electron chi connectivity index (χ0n) is 16.0. The van der Waals surface area contributed by atoms with E-state index in [1.807, 2.05) is 39.8 Å². The van der Waals surface area contributed by atoms with Crippen molar-refractivity contribution in [3.63, 3.8) is 0 Å². The van der Waals surface area contributed by atoms with E-state index in [1.165, 1.54) is 11.2 Å². The normalized spacial score (nSPS) is 17.0. The van der Waals surface area contributed by atoms with E-state index in [-0.39, 0.29) is 5.91 Å². The van der Waals surface area contributed by atoms with Crippen molar-refractivity contribution in [2.24, 2.45) is 0 Å². The quantitative estimate of drug-likeness (QED) is 0.887. The molecule has 0 aliphatic carbocycles. The van der Waals surface area contributed by atoms with Crippen molar-refractivity contribution < 1.29 is 14.3 Å². The number of nitrogens with one attached hydrogen (secondary N) is 1. The van der Waals surface area contributed by atoms with Crippen molar-refractivity contribution in [3.8, 4) is 5.69 Å². The lowest BCUT2D eigenvalue weighted by Gasteiger charge is -2.28. The van der Waals surface area contributed by atoms with Gasteiger partial charge in [0.25, 0.3) is 0 Å². The van der Waals surface area contributed by atoms with Crippen LogP contribution in [0.5, 0.6) is 0 Å². The van der Waals surface area contributed by atoms with Gasteiger partial charge in [0, 0.05) is 12.2 Å². The Morgan fingerprint density at radius 2 is 2.07 bits per heavy atom. The molecule has 0 bridgehead atoms. The zero-order chi connectivity index (χ0) is 19.6. The molecule has 1 aliphatic rings. The van der Waals surface area contributed by atoms with Crippen molar-refractivity contribution >= 4 is 17.7 Å². The molecule has 1 unspecified atom stereocenters. The highest BCUT2D eigenvalue weighted by Crippen LogP contribution is 2.23. The summed E-state index contributed by atoms with van der Waals surface area (Å²) >= 11 is 0. The summed E-state index contributed by atoms with van der Waals surface area (Å²) in [5.74, 6) is -0.215. The highest BCUT2D eigenvalue weighted by Gasteiger charge is 2.36. The van der Waals surface area contributed by atoms with Crippen LogP contribution in [-0.2, 0) is 9.53 Å². The number of ether oxygens (including phenoxy) is 1. The first-order valence-corrected chi connectivity index (χ1v) is 8.89. The van der Waals surface area contributed by atoms with Crippen LogP contribution in [0.3, 0.4) is 0 Å². The number of amides is 2. The van der Waals surface area contributed by atoms with Crippen molar-refractivity contribution in [2.45, 2.75) is 52.2 Å². The van der Waals surface area contributed by atoms with Gasteiger partial charge in [-0.25, -0.2) is 9.48 Å². The minimum absolute atomic E-state index is 0.215. The third-order valence-electron chi connectivity index (χ3n) is 4.24. The molecule has 3 rings (SSSR count). The molecular formula is C18H24N6O3. The third kappa shape index (κ3) is 4.42. The van der Waals surface area contributed by atoms with Crippen molar-refractivity contribution in [1.82, 2.24) is 25.1 Å². The van der Waals surface area contributed by atoms with Crippen LogP contribution in [0.25, 0.3) is 5.69 Å². The summed E-state index contributed by atoms with van der Waals surface area (Å²) in [4.78, 5) is 26.6. The average Bonchev–Trinajstić information content (AvgIpc) is 3.25. The number of benzene rings is 1. The molecule has 27 heavy (non-hydrogen) atoms. The summed E-state index contributed by atoms with van der Waals surface area (Å²) in [5.41, 5.74) is 1.80. The summed E-state index contributed by atoms with van der Waals surface area (Å²) in [5, 5.41) is 14.0. The van der Waals surface area contributed by atoms with Gasteiger partial charge in [-0.1, -0.05) is 0 Å². The van der Waals surface area contributed by atoms with Gasteiger partial charge in [-0.15, -0.1) is 5.10 Å². The van der Waals surface area contributed by atoms with E-state index in [0.29, 0.717) is 18.7 Å². The highest BCUT2D eigenvalue weighted by molar-refractivity contribution is 5.97. The van der Waals surface area contributed by atoms with E-state index >= 15 is 0 Å². The van der Waals surface area contributed by atoms with E-state index in [9.17, 15) is 9.59 Å². The minimum Gasteiger partial charge on any atom is -0.444 e. The number of hydrogen-bond donors (Lipinski definition) is 1. The molecule has 2 amide bonds. The van der Waals surface area contributed by atoms with Crippen molar-refractivity contribution in [2.75, 3.05) is 11.9 Å². The Hall–Kier alpha value is -2.97. The van der Waals surface area contributed by atoms with Crippen LogP contribution in [0.15, 0.2) is 24.5 Å². The van der Waals surface area contributed by atoms with Crippen LogP contribution in [0, 0.1) is 6.92 Å². The van der Waals surface area contributed by atoms with Crippen LogP contribution in [0.4, 0.5) is 10.5 Å². The minimum atomic E-state index is -0.593. The monoisotopic (exact) mass is 372 g/mol. The van der Waals surface area contributed by atoms with Gasteiger partial charge in [-0.05, 0) is 74.7 Å². The van der Waals surface area contributed by atoms with Gasteiger partial charge in [0.05, 0.1) is 5.69 Å². The van der Waals surface area contributed by atoms with E-state index in [4.69, 9.17) is 4.74 Å². The Labute approximate surface area is 157 Å². The van der Waals surface area contributed by atoms with E-state index in [0.717, 1.165) is 17.7 Å². The maximum absolute atomic E-state index is 12.7. The predicted molar refractivity (Wildman–Crippen MR) is 98.5 cm³/mol. The second-order valence-corrected chi connectivity index (χ2v) is 7.58. The van der Waals surface area contributed by atoms with Gasteiger partial charge >= 0.3 is 6.09 Å². The number of tetrazole rings is 1. The van der Waals surface area contributed by atoms with Crippen molar-refractivity contribution in [3.05, 3.63) is 30.1 Å². The molecular weight excluding hydrogens is 348 g/mol. The number of aryl methyl sites for hydroxylation is 1. The van der Waals surface area contributed by atoms with E-state index in [1.54, 1.807) is 10.7 Å². The van der Waals surface area contributed by atoms with Gasteiger partial charge in [-0.3, -0.25) is 9.69 Å². The molecule has 9 heteroatoms. The van der Waals surface area contributed by atoms with Gasteiger partial charge in [-0.2, -0.15) is 0 Å². The second kappa shape index (κ2) is 7.34. The first-order valence-electron chi connectivity index (χ1n) is 8.89. The number of carbonyl (C=O) groups excluding carboxylic acids is 2. The van der Waals surface area contributed by atoms with Gasteiger partial charge in [0.15, 0.2) is 0 Å². The maximum atomic E-state index is 12.7. The number of hydrogen-bond acceptors (Lipinski definition) is 6. The number of carbonyl (C=O) groups is 2. The molecule has 1 aromatic carbocycles. The Balaban J connectivity index is 1.69. The van der Waals surface area contributed by atoms with Crippen LogP contribution >= 0.6 is 0 Å².